The number of hydrogen-bond donors (Lipinski definition) is 1. The Morgan fingerprint density at radius 3 is 2.52 bits per heavy atom. The highest BCUT2D eigenvalue weighted by molar-refractivity contribution is 5.84. The van der Waals surface area contributed by atoms with Crippen LogP contribution in [-0.2, 0) is 6.42 Å². The van der Waals surface area contributed by atoms with E-state index in [2.05, 4.69) is 55.7 Å². The normalized spacial score (nSPS) is 16.4. The van der Waals surface area contributed by atoms with Crippen molar-refractivity contribution in [3.05, 3.63) is 65.0 Å². The lowest BCUT2D eigenvalue weighted by atomic mass is 10.0. The van der Waals surface area contributed by atoms with Gasteiger partial charge in [-0.15, -0.1) is 5.10 Å². The second-order valence-electron chi connectivity index (χ2n) is 7.81. The van der Waals surface area contributed by atoms with Crippen molar-refractivity contribution in [2.24, 2.45) is 0 Å². The Morgan fingerprint density at radius 1 is 1.10 bits per heavy atom. The summed E-state index contributed by atoms with van der Waals surface area (Å²) in [4.78, 5) is 27.7. The molecule has 0 radical (unpaired) electrons. The van der Waals surface area contributed by atoms with E-state index in [1.165, 1.54) is 12.4 Å². The third kappa shape index (κ3) is 4.30. The lowest BCUT2D eigenvalue weighted by molar-refractivity contribution is 0.0690. The highest BCUT2D eigenvalue weighted by atomic mass is 16.4. The van der Waals surface area contributed by atoms with Gasteiger partial charge in [-0.1, -0.05) is 0 Å². The fourth-order valence-corrected chi connectivity index (χ4v) is 3.87. The van der Waals surface area contributed by atoms with Crippen LogP contribution in [-0.4, -0.2) is 61.9 Å². The Bertz CT molecular complexity index is 1070. The first-order valence-electron chi connectivity index (χ1n) is 10.2. The van der Waals surface area contributed by atoms with Crippen LogP contribution in [0.5, 0.6) is 0 Å². The molecule has 1 N–H and O–H groups in total. The Kier molecular flexibility index (Phi) is 5.75. The second-order valence-corrected chi connectivity index (χ2v) is 7.81. The highest BCUT2D eigenvalue weighted by Crippen LogP contribution is 2.26. The predicted molar refractivity (Wildman–Crippen MR) is 117 cm³/mol. The van der Waals surface area contributed by atoms with Gasteiger partial charge in [0.25, 0.3) is 0 Å². The monoisotopic (exact) mass is 419 g/mol. The van der Waals surface area contributed by atoms with Gasteiger partial charge in [-0.2, -0.15) is 5.10 Å². The number of carboxylic acids is 1. The lowest BCUT2D eigenvalue weighted by Gasteiger charge is -2.41. The van der Waals surface area contributed by atoms with E-state index >= 15 is 0 Å². The van der Waals surface area contributed by atoms with E-state index in [4.69, 9.17) is 5.11 Å². The molecule has 9 heteroatoms. The van der Waals surface area contributed by atoms with Gasteiger partial charge in [-0.25, -0.2) is 14.8 Å². The number of pyridine rings is 1. The van der Waals surface area contributed by atoms with E-state index in [0.717, 1.165) is 54.3 Å². The third-order valence-corrected chi connectivity index (χ3v) is 5.80. The predicted octanol–water partition coefficient (Wildman–Crippen LogP) is 2.28. The molecule has 1 atom stereocenters. The van der Waals surface area contributed by atoms with Crippen LogP contribution in [0, 0.1) is 13.8 Å². The van der Waals surface area contributed by atoms with Gasteiger partial charge in [0.15, 0.2) is 11.5 Å². The average molecular weight is 419 g/mol. The minimum absolute atomic E-state index is 0.0525. The summed E-state index contributed by atoms with van der Waals surface area (Å²) in [5.74, 6) is 0.521. The van der Waals surface area contributed by atoms with Crippen molar-refractivity contribution in [2.75, 3.05) is 29.4 Å². The van der Waals surface area contributed by atoms with Crippen LogP contribution in [0.3, 0.4) is 0 Å². The van der Waals surface area contributed by atoms with Crippen molar-refractivity contribution in [1.82, 2.24) is 25.1 Å². The molecule has 0 spiro atoms. The molecule has 3 aromatic rings. The maximum atomic E-state index is 11.0. The molecule has 0 aromatic carbocycles. The number of piperazine rings is 1. The molecule has 4 heterocycles. The average Bonchev–Trinajstić information content (AvgIpc) is 2.78. The van der Waals surface area contributed by atoms with Crippen molar-refractivity contribution in [1.29, 1.82) is 0 Å². The smallest absolute Gasteiger partial charge is 0.356 e. The van der Waals surface area contributed by atoms with Crippen molar-refractivity contribution in [3.8, 4) is 0 Å². The number of carboxylic acid groups (broad SMARTS) is 1. The highest BCUT2D eigenvalue weighted by Gasteiger charge is 2.27. The summed E-state index contributed by atoms with van der Waals surface area (Å²) in [6.07, 6.45) is 7.15. The molecule has 1 fully saturated rings. The zero-order valence-electron chi connectivity index (χ0n) is 17.9. The van der Waals surface area contributed by atoms with Crippen LogP contribution in [0.2, 0.25) is 0 Å². The van der Waals surface area contributed by atoms with Crippen LogP contribution in [0.25, 0.3) is 0 Å². The van der Waals surface area contributed by atoms with Crippen LogP contribution in [0.1, 0.15) is 39.8 Å². The summed E-state index contributed by atoms with van der Waals surface area (Å²) in [6.45, 7) is 8.59. The molecule has 0 amide bonds. The number of anilines is 2. The zero-order valence-corrected chi connectivity index (χ0v) is 17.9. The summed E-state index contributed by atoms with van der Waals surface area (Å²) >= 11 is 0. The molecule has 31 heavy (non-hydrogen) atoms. The SMILES string of the molecule is Cc1c(Cc2ccncc2)nnc(N2CCN(c3cnc(C(=O)O)cn3)C(C)C2)c1C. The lowest BCUT2D eigenvalue weighted by Crippen LogP contribution is -2.53. The molecule has 3 aromatic heterocycles. The molecule has 4 rings (SSSR count). The van der Waals surface area contributed by atoms with E-state index in [1.807, 2.05) is 12.1 Å². The van der Waals surface area contributed by atoms with Gasteiger partial charge in [-0.05, 0) is 49.6 Å². The first-order chi connectivity index (χ1) is 14.9. The first-order valence-corrected chi connectivity index (χ1v) is 10.2. The van der Waals surface area contributed by atoms with Gasteiger partial charge in [0.2, 0.25) is 0 Å². The van der Waals surface area contributed by atoms with Crippen molar-refractivity contribution in [3.63, 3.8) is 0 Å². The van der Waals surface area contributed by atoms with E-state index in [9.17, 15) is 4.79 Å². The van der Waals surface area contributed by atoms with Crippen molar-refractivity contribution in [2.45, 2.75) is 33.2 Å². The number of aromatic nitrogens is 5. The minimum Gasteiger partial charge on any atom is -0.476 e. The number of aromatic carboxylic acids is 1. The molecule has 9 nitrogen and oxygen atoms in total. The van der Waals surface area contributed by atoms with Crippen LogP contribution < -0.4 is 9.80 Å². The maximum Gasteiger partial charge on any atom is 0.356 e. The molecule has 0 bridgehead atoms. The summed E-state index contributed by atoms with van der Waals surface area (Å²) in [5.41, 5.74) is 4.39. The summed E-state index contributed by atoms with van der Waals surface area (Å²) in [7, 11) is 0. The Balaban J connectivity index is 1.48. The number of nitrogens with zero attached hydrogens (tertiary/aromatic N) is 7. The minimum atomic E-state index is -1.08. The fraction of sp³-hybridized carbons (Fsp3) is 0.364. The van der Waals surface area contributed by atoms with Crippen LogP contribution in [0.15, 0.2) is 36.9 Å². The van der Waals surface area contributed by atoms with E-state index in [1.54, 1.807) is 12.4 Å². The van der Waals surface area contributed by atoms with E-state index < -0.39 is 5.97 Å². The van der Waals surface area contributed by atoms with Crippen molar-refractivity contribution >= 4 is 17.6 Å². The van der Waals surface area contributed by atoms with Gasteiger partial charge in [0.05, 0.1) is 18.1 Å². The molecule has 1 aliphatic heterocycles. The summed E-state index contributed by atoms with van der Waals surface area (Å²) in [6, 6.07) is 4.16. The molecule has 1 saturated heterocycles. The molecular formula is C22H25N7O2. The summed E-state index contributed by atoms with van der Waals surface area (Å²) in [5, 5.41) is 18.1. The zero-order chi connectivity index (χ0) is 22.0. The second kappa shape index (κ2) is 8.63. The molecule has 1 aliphatic rings. The number of carbonyl (C=O) groups is 1. The quantitative estimate of drug-likeness (QED) is 0.666. The Labute approximate surface area is 180 Å². The number of hydrogen-bond acceptors (Lipinski definition) is 8. The standard InChI is InChI=1S/C22H25N7O2/c1-14-13-28(8-9-29(14)20-12-24-19(11-25-20)22(30)31)21-16(3)15(2)18(26-27-21)10-17-4-6-23-7-5-17/h4-7,11-12,14H,8-10,13H2,1-3H3,(H,30,31). The Hall–Kier alpha value is -3.62. The maximum absolute atomic E-state index is 11.0. The van der Waals surface area contributed by atoms with Crippen LogP contribution >= 0.6 is 0 Å². The molecule has 0 aliphatic carbocycles. The van der Waals surface area contributed by atoms with Gasteiger partial charge in [0.1, 0.15) is 5.82 Å². The molecule has 0 saturated carbocycles. The first kappa shape index (κ1) is 20.6. The Morgan fingerprint density at radius 2 is 1.87 bits per heavy atom. The molecule has 1 unspecified atom stereocenters. The molecule has 160 valence electrons. The summed E-state index contributed by atoms with van der Waals surface area (Å²) < 4.78 is 0. The molecular weight excluding hydrogens is 394 g/mol. The third-order valence-electron chi connectivity index (χ3n) is 5.80. The van der Waals surface area contributed by atoms with Gasteiger partial charge < -0.3 is 14.9 Å². The van der Waals surface area contributed by atoms with Gasteiger partial charge >= 0.3 is 5.97 Å². The fourth-order valence-electron chi connectivity index (χ4n) is 3.87. The van der Waals surface area contributed by atoms with Gasteiger partial charge in [0, 0.05) is 44.5 Å². The topological polar surface area (TPSA) is 108 Å². The van der Waals surface area contributed by atoms with E-state index in [-0.39, 0.29) is 11.7 Å². The van der Waals surface area contributed by atoms with E-state index in [0.29, 0.717) is 5.82 Å². The van der Waals surface area contributed by atoms with Gasteiger partial charge in [-0.3, -0.25) is 4.98 Å². The largest absolute Gasteiger partial charge is 0.476 e. The van der Waals surface area contributed by atoms with Crippen LogP contribution in [0.4, 0.5) is 11.6 Å². The number of rotatable bonds is 5. The van der Waals surface area contributed by atoms with Crippen molar-refractivity contribution < 1.29 is 9.90 Å².